The molecule has 0 aromatic heterocycles. The molecule has 0 heterocycles. The highest BCUT2D eigenvalue weighted by molar-refractivity contribution is 7.99. The van der Waals surface area contributed by atoms with Crippen LogP contribution in [0.15, 0.2) is 54.6 Å². The SMILES string of the molecule is CN(Cc1ccccc1)S(=O)(=O)NC(=O)CSCc1ccc(C#N)cc1. The van der Waals surface area contributed by atoms with Gasteiger partial charge >= 0.3 is 10.2 Å². The van der Waals surface area contributed by atoms with Crippen molar-refractivity contribution < 1.29 is 13.2 Å². The Hall–Kier alpha value is -2.34. The van der Waals surface area contributed by atoms with Crippen LogP contribution < -0.4 is 4.72 Å². The van der Waals surface area contributed by atoms with Crippen molar-refractivity contribution in [2.45, 2.75) is 12.3 Å². The molecule has 0 saturated heterocycles. The number of nitrogens with zero attached hydrogens (tertiary/aromatic N) is 2. The first-order valence-electron chi connectivity index (χ1n) is 7.78. The molecule has 0 fully saturated rings. The lowest BCUT2D eigenvalue weighted by molar-refractivity contribution is -0.116. The van der Waals surface area contributed by atoms with Gasteiger partial charge in [-0.15, -0.1) is 11.8 Å². The summed E-state index contributed by atoms with van der Waals surface area (Å²) in [6.45, 7) is 0.182. The molecule has 136 valence electrons. The molecule has 0 saturated carbocycles. The molecule has 2 aromatic rings. The molecule has 0 radical (unpaired) electrons. The first-order chi connectivity index (χ1) is 12.4. The van der Waals surface area contributed by atoms with Crippen LogP contribution in [0, 0.1) is 11.3 Å². The minimum absolute atomic E-state index is 0.0262. The number of nitriles is 1. The number of hydrogen-bond acceptors (Lipinski definition) is 5. The molecule has 0 aliphatic heterocycles. The molecule has 0 unspecified atom stereocenters. The van der Waals surface area contributed by atoms with Gasteiger partial charge in [-0.2, -0.15) is 18.0 Å². The van der Waals surface area contributed by atoms with Crippen LogP contribution in [0.1, 0.15) is 16.7 Å². The molecular formula is C18H19N3O3S2. The van der Waals surface area contributed by atoms with Crippen molar-refractivity contribution >= 4 is 27.9 Å². The van der Waals surface area contributed by atoms with Crippen LogP contribution in [0.3, 0.4) is 0 Å². The molecule has 26 heavy (non-hydrogen) atoms. The van der Waals surface area contributed by atoms with Gasteiger partial charge in [0.05, 0.1) is 17.4 Å². The second-order valence-electron chi connectivity index (χ2n) is 5.57. The molecule has 0 aliphatic carbocycles. The van der Waals surface area contributed by atoms with E-state index >= 15 is 0 Å². The number of hydrogen-bond donors (Lipinski definition) is 1. The Morgan fingerprint density at radius 1 is 1.12 bits per heavy atom. The summed E-state index contributed by atoms with van der Waals surface area (Å²) in [6.07, 6.45) is 0. The average Bonchev–Trinajstić information content (AvgIpc) is 2.62. The summed E-state index contributed by atoms with van der Waals surface area (Å²) in [4.78, 5) is 11.9. The molecule has 1 N–H and O–H groups in total. The van der Waals surface area contributed by atoms with Gasteiger partial charge in [-0.05, 0) is 23.3 Å². The minimum atomic E-state index is -3.88. The maximum Gasteiger partial charge on any atom is 0.303 e. The molecular weight excluding hydrogens is 370 g/mol. The van der Waals surface area contributed by atoms with Crippen molar-refractivity contribution in [2.75, 3.05) is 12.8 Å². The van der Waals surface area contributed by atoms with Crippen molar-refractivity contribution in [3.05, 3.63) is 71.3 Å². The topological polar surface area (TPSA) is 90.3 Å². The van der Waals surface area contributed by atoms with E-state index in [1.807, 2.05) is 48.5 Å². The third-order valence-electron chi connectivity index (χ3n) is 3.49. The predicted molar refractivity (Wildman–Crippen MR) is 102 cm³/mol. The molecule has 2 aromatic carbocycles. The normalized spacial score (nSPS) is 11.1. The number of carbonyl (C=O) groups is 1. The maximum absolute atomic E-state index is 12.2. The fourth-order valence-electron chi connectivity index (χ4n) is 2.11. The van der Waals surface area contributed by atoms with Crippen molar-refractivity contribution in [3.63, 3.8) is 0 Å². The molecule has 0 aliphatic rings. The number of benzene rings is 2. The fraction of sp³-hybridized carbons (Fsp3) is 0.222. The standard InChI is InChI=1S/C18H19N3O3S2/c1-21(12-16-5-3-2-4-6-16)26(23,24)20-18(22)14-25-13-17-9-7-15(11-19)8-10-17/h2-10H,12-14H2,1H3,(H,20,22). The third kappa shape index (κ3) is 6.19. The summed E-state index contributed by atoms with van der Waals surface area (Å²) in [5.41, 5.74) is 2.37. The molecule has 2 rings (SSSR count). The van der Waals surface area contributed by atoms with E-state index in [2.05, 4.69) is 4.72 Å². The van der Waals surface area contributed by atoms with E-state index in [0.717, 1.165) is 15.4 Å². The van der Waals surface area contributed by atoms with E-state index in [9.17, 15) is 13.2 Å². The Kier molecular flexibility index (Phi) is 7.21. The summed E-state index contributed by atoms with van der Waals surface area (Å²) in [5.74, 6) is 0.0146. The van der Waals surface area contributed by atoms with Crippen LogP contribution in [0.5, 0.6) is 0 Å². The van der Waals surface area contributed by atoms with E-state index in [-0.39, 0.29) is 12.3 Å². The van der Waals surface area contributed by atoms with Gasteiger partial charge in [0.15, 0.2) is 0 Å². The van der Waals surface area contributed by atoms with Gasteiger partial charge in [0, 0.05) is 19.3 Å². The lowest BCUT2D eigenvalue weighted by Crippen LogP contribution is -2.41. The highest BCUT2D eigenvalue weighted by Gasteiger charge is 2.20. The van der Waals surface area contributed by atoms with Gasteiger partial charge in [0.25, 0.3) is 0 Å². The van der Waals surface area contributed by atoms with Gasteiger partial charge in [-0.1, -0.05) is 42.5 Å². The Bertz CT molecular complexity index is 876. The van der Waals surface area contributed by atoms with Crippen LogP contribution in [-0.2, 0) is 27.3 Å². The molecule has 0 bridgehead atoms. The summed E-state index contributed by atoms with van der Waals surface area (Å²) in [6, 6.07) is 18.2. The second kappa shape index (κ2) is 9.38. The zero-order valence-electron chi connectivity index (χ0n) is 14.3. The van der Waals surface area contributed by atoms with E-state index in [4.69, 9.17) is 5.26 Å². The first kappa shape index (κ1) is 20.0. The lowest BCUT2D eigenvalue weighted by Gasteiger charge is -2.17. The average molecular weight is 390 g/mol. The third-order valence-corrected chi connectivity index (χ3v) is 5.93. The van der Waals surface area contributed by atoms with Crippen molar-refractivity contribution in [1.82, 2.24) is 9.03 Å². The molecule has 1 amide bonds. The maximum atomic E-state index is 12.2. The minimum Gasteiger partial charge on any atom is -0.273 e. The molecule has 0 atom stereocenters. The van der Waals surface area contributed by atoms with Crippen LogP contribution in [0.25, 0.3) is 0 Å². The van der Waals surface area contributed by atoms with Gasteiger partial charge in [-0.25, -0.2) is 4.72 Å². The largest absolute Gasteiger partial charge is 0.303 e. The Balaban J connectivity index is 1.80. The number of thioether (sulfide) groups is 1. The summed E-state index contributed by atoms with van der Waals surface area (Å²) >= 11 is 1.31. The van der Waals surface area contributed by atoms with E-state index in [1.165, 1.54) is 18.8 Å². The fourth-order valence-corrected chi connectivity index (χ4v) is 3.83. The van der Waals surface area contributed by atoms with Crippen LogP contribution in [0.4, 0.5) is 0 Å². The first-order valence-corrected chi connectivity index (χ1v) is 10.4. The molecule has 8 heteroatoms. The monoisotopic (exact) mass is 389 g/mol. The van der Waals surface area contributed by atoms with E-state index in [0.29, 0.717) is 11.3 Å². The highest BCUT2D eigenvalue weighted by atomic mass is 32.2. The van der Waals surface area contributed by atoms with Crippen LogP contribution >= 0.6 is 11.8 Å². The van der Waals surface area contributed by atoms with E-state index in [1.54, 1.807) is 12.1 Å². The summed E-state index contributed by atoms with van der Waals surface area (Å²) in [7, 11) is -2.45. The smallest absolute Gasteiger partial charge is 0.273 e. The predicted octanol–water partition coefficient (Wildman–Crippen LogP) is 2.28. The highest BCUT2D eigenvalue weighted by Crippen LogP contribution is 2.13. The number of amides is 1. The van der Waals surface area contributed by atoms with Crippen LogP contribution in [0.2, 0.25) is 0 Å². The van der Waals surface area contributed by atoms with Crippen molar-refractivity contribution in [1.29, 1.82) is 5.26 Å². The van der Waals surface area contributed by atoms with Gasteiger partial charge in [0.2, 0.25) is 5.91 Å². The number of rotatable bonds is 8. The second-order valence-corrected chi connectivity index (χ2v) is 8.34. The van der Waals surface area contributed by atoms with E-state index < -0.39 is 16.1 Å². The quantitative estimate of drug-likeness (QED) is 0.748. The van der Waals surface area contributed by atoms with Gasteiger partial charge in [0.1, 0.15) is 0 Å². The van der Waals surface area contributed by atoms with Gasteiger partial charge < -0.3 is 0 Å². The lowest BCUT2D eigenvalue weighted by atomic mass is 10.2. The number of carbonyl (C=O) groups excluding carboxylic acids is 1. The summed E-state index contributed by atoms with van der Waals surface area (Å²) in [5, 5.41) is 8.75. The molecule has 6 nitrogen and oxygen atoms in total. The Labute approximate surface area is 158 Å². The van der Waals surface area contributed by atoms with Crippen LogP contribution in [-0.4, -0.2) is 31.4 Å². The molecule has 0 spiro atoms. The number of nitrogens with one attached hydrogen (secondary N) is 1. The van der Waals surface area contributed by atoms with Crippen molar-refractivity contribution in [3.8, 4) is 6.07 Å². The zero-order chi connectivity index (χ0) is 19.0. The van der Waals surface area contributed by atoms with Crippen molar-refractivity contribution in [2.24, 2.45) is 0 Å². The van der Waals surface area contributed by atoms with Gasteiger partial charge in [-0.3, -0.25) is 4.79 Å². The zero-order valence-corrected chi connectivity index (χ0v) is 15.9. The Morgan fingerprint density at radius 3 is 2.38 bits per heavy atom. The Morgan fingerprint density at radius 2 is 1.77 bits per heavy atom. The summed E-state index contributed by atoms with van der Waals surface area (Å²) < 4.78 is 27.6.